The molecule has 14 heavy (non-hydrogen) atoms. The van der Waals surface area contributed by atoms with Gasteiger partial charge in [0.2, 0.25) is 6.36 Å². The highest BCUT2D eigenvalue weighted by molar-refractivity contribution is 5.37. The van der Waals surface area contributed by atoms with Crippen molar-refractivity contribution in [2.75, 3.05) is 0 Å². The topological polar surface area (TPSA) is 55.0 Å². The third-order valence-electron chi connectivity index (χ3n) is 1.83. The Morgan fingerprint density at radius 3 is 2.93 bits per heavy atom. The Morgan fingerprint density at radius 1 is 1.71 bits per heavy atom. The third kappa shape index (κ3) is 2.83. The zero-order chi connectivity index (χ0) is 10.6. The van der Waals surface area contributed by atoms with Gasteiger partial charge in [-0.1, -0.05) is 13.8 Å². The minimum atomic E-state index is -1.60. The molecule has 0 aromatic carbocycles. The van der Waals surface area contributed by atoms with Crippen LogP contribution in [-0.2, 0) is 16.0 Å². The highest BCUT2D eigenvalue weighted by Gasteiger charge is 2.11. The van der Waals surface area contributed by atoms with Crippen LogP contribution in [0.4, 0.5) is 4.39 Å². The predicted octanol–water partition coefficient (Wildman–Crippen LogP) is 1.54. The van der Waals surface area contributed by atoms with Crippen molar-refractivity contribution in [1.29, 1.82) is 0 Å². The van der Waals surface area contributed by atoms with E-state index < -0.39 is 6.36 Å². The number of halogens is 1. The van der Waals surface area contributed by atoms with Gasteiger partial charge in [0.1, 0.15) is 0 Å². The summed E-state index contributed by atoms with van der Waals surface area (Å²) in [5.74, 6) is 0.296. The van der Waals surface area contributed by atoms with Crippen LogP contribution in [0.15, 0.2) is 6.07 Å². The summed E-state index contributed by atoms with van der Waals surface area (Å²) in [6.07, 6.45) is -1.59. The predicted molar refractivity (Wildman–Crippen MR) is 48.4 cm³/mol. The smallest absolute Gasteiger partial charge is 0.295 e. The number of hydrogen-bond acceptors (Lipinski definition) is 3. The van der Waals surface area contributed by atoms with Gasteiger partial charge in [-0.05, 0) is 12.0 Å². The molecule has 0 aliphatic rings. The molecular weight excluding hydrogens is 187 g/mol. The number of nitrogens with zero attached hydrogens (tertiary/aromatic N) is 1. The molecular formula is C9H13FN2O2. The fraction of sp³-hybridized carbons (Fsp3) is 0.556. The number of aromatic nitrogens is 2. The van der Waals surface area contributed by atoms with E-state index in [0.29, 0.717) is 11.6 Å². The molecule has 0 aliphatic carbocycles. The summed E-state index contributed by atoms with van der Waals surface area (Å²) in [6.45, 7) is 4.09. The molecule has 4 nitrogen and oxygen atoms in total. The first-order chi connectivity index (χ1) is 6.63. The first kappa shape index (κ1) is 10.7. The molecule has 0 saturated carbocycles. The van der Waals surface area contributed by atoms with Crippen LogP contribution in [0.2, 0.25) is 0 Å². The van der Waals surface area contributed by atoms with Crippen LogP contribution in [0, 0.1) is 0 Å². The number of hydrogen-bond donors (Lipinski definition) is 1. The summed E-state index contributed by atoms with van der Waals surface area (Å²) in [5, 5.41) is 6.68. The Balaban J connectivity index is 2.55. The van der Waals surface area contributed by atoms with E-state index >= 15 is 0 Å². The van der Waals surface area contributed by atoms with Gasteiger partial charge in [-0.25, -0.2) is 4.39 Å². The van der Waals surface area contributed by atoms with Gasteiger partial charge in [0, 0.05) is 5.69 Å². The summed E-state index contributed by atoms with van der Waals surface area (Å²) >= 11 is 0. The Labute approximate surface area is 81.5 Å². The molecule has 0 fully saturated rings. The zero-order valence-corrected chi connectivity index (χ0v) is 8.16. The molecule has 0 aliphatic heterocycles. The number of aromatic amines is 1. The number of carbonyl (C=O) groups is 1. The molecule has 1 unspecified atom stereocenters. The molecule has 0 spiro atoms. The molecule has 1 rings (SSSR count). The van der Waals surface area contributed by atoms with Crippen LogP contribution in [-0.4, -0.2) is 23.0 Å². The van der Waals surface area contributed by atoms with Gasteiger partial charge in [-0.15, -0.1) is 0 Å². The monoisotopic (exact) mass is 200 g/mol. The van der Waals surface area contributed by atoms with Crippen molar-refractivity contribution >= 4 is 6.47 Å². The Kier molecular flexibility index (Phi) is 3.62. The molecule has 78 valence electrons. The number of nitrogens with one attached hydrogen (secondary N) is 1. The van der Waals surface area contributed by atoms with Gasteiger partial charge in [0.05, 0.1) is 12.1 Å². The van der Waals surface area contributed by atoms with E-state index in [2.05, 4.69) is 14.9 Å². The van der Waals surface area contributed by atoms with E-state index in [4.69, 9.17) is 0 Å². The lowest BCUT2D eigenvalue weighted by Gasteiger charge is -2.02. The van der Waals surface area contributed by atoms with Crippen LogP contribution in [0.1, 0.15) is 31.2 Å². The van der Waals surface area contributed by atoms with Gasteiger partial charge in [0.25, 0.3) is 6.47 Å². The van der Waals surface area contributed by atoms with E-state index in [-0.39, 0.29) is 12.9 Å². The number of rotatable bonds is 5. The summed E-state index contributed by atoms with van der Waals surface area (Å²) in [5.41, 5.74) is 1.50. The van der Waals surface area contributed by atoms with E-state index in [9.17, 15) is 9.18 Å². The van der Waals surface area contributed by atoms with Crippen molar-refractivity contribution < 1.29 is 13.9 Å². The maximum absolute atomic E-state index is 12.8. The van der Waals surface area contributed by atoms with E-state index in [1.807, 2.05) is 13.8 Å². The zero-order valence-electron chi connectivity index (χ0n) is 8.16. The van der Waals surface area contributed by atoms with Crippen LogP contribution in [0.5, 0.6) is 0 Å². The van der Waals surface area contributed by atoms with Gasteiger partial charge in [-0.3, -0.25) is 9.89 Å². The van der Waals surface area contributed by atoms with E-state index in [0.717, 1.165) is 5.69 Å². The molecule has 0 saturated heterocycles. The summed E-state index contributed by atoms with van der Waals surface area (Å²) < 4.78 is 16.9. The first-order valence-corrected chi connectivity index (χ1v) is 4.41. The van der Waals surface area contributed by atoms with Crippen molar-refractivity contribution in [1.82, 2.24) is 10.2 Å². The van der Waals surface area contributed by atoms with Crippen molar-refractivity contribution in [3.63, 3.8) is 0 Å². The quantitative estimate of drug-likeness (QED) is 0.733. The Morgan fingerprint density at radius 2 is 2.43 bits per heavy atom. The number of carbonyl (C=O) groups excluding carboxylic acids is 1. The van der Waals surface area contributed by atoms with Crippen LogP contribution >= 0.6 is 0 Å². The second-order valence-electron chi connectivity index (χ2n) is 3.32. The minimum Gasteiger partial charge on any atom is -0.433 e. The van der Waals surface area contributed by atoms with E-state index in [1.165, 1.54) is 0 Å². The van der Waals surface area contributed by atoms with Crippen LogP contribution in [0.3, 0.4) is 0 Å². The standard InChI is InChI=1S/C9H13FN2O2/c1-6(2)8-3-7(11-12-8)4-9(10)14-5-13/h3,5-6,9H,4H2,1-2H3,(H,11,12). The molecule has 0 bridgehead atoms. The summed E-state index contributed by atoms with van der Waals surface area (Å²) in [4.78, 5) is 9.83. The van der Waals surface area contributed by atoms with Crippen molar-refractivity contribution in [2.24, 2.45) is 0 Å². The molecule has 0 amide bonds. The van der Waals surface area contributed by atoms with Crippen LogP contribution < -0.4 is 0 Å². The van der Waals surface area contributed by atoms with Gasteiger partial charge >= 0.3 is 0 Å². The highest BCUT2D eigenvalue weighted by atomic mass is 19.1. The Bertz CT molecular complexity index is 299. The fourth-order valence-corrected chi connectivity index (χ4v) is 1.06. The second-order valence-corrected chi connectivity index (χ2v) is 3.32. The number of ether oxygens (including phenoxy) is 1. The highest BCUT2D eigenvalue weighted by Crippen LogP contribution is 2.13. The maximum atomic E-state index is 12.8. The lowest BCUT2D eigenvalue weighted by Crippen LogP contribution is -2.08. The molecule has 0 radical (unpaired) electrons. The molecule has 1 aromatic rings. The number of H-pyrrole nitrogens is 1. The summed E-state index contributed by atoms with van der Waals surface area (Å²) in [6, 6.07) is 1.77. The third-order valence-corrected chi connectivity index (χ3v) is 1.83. The molecule has 1 aromatic heterocycles. The lowest BCUT2D eigenvalue weighted by molar-refractivity contribution is -0.141. The van der Waals surface area contributed by atoms with Crippen molar-refractivity contribution in [3.05, 3.63) is 17.5 Å². The van der Waals surface area contributed by atoms with Crippen LogP contribution in [0.25, 0.3) is 0 Å². The molecule has 1 N–H and O–H groups in total. The lowest BCUT2D eigenvalue weighted by atomic mass is 10.1. The SMILES string of the molecule is CC(C)c1cc(CC(F)OC=O)[nH]n1. The largest absolute Gasteiger partial charge is 0.433 e. The minimum absolute atomic E-state index is 0.0124. The first-order valence-electron chi connectivity index (χ1n) is 4.41. The Hall–Kier alpha value is -1.39. The summed E-state index contributed by atoms with van der Waals surface area (Å²) in [7, 11) is 0. The molecule has 1 atom stereocenters. The van der Waals surface area contributed by atoms with Gasteiger partial charge in [0.15, 0.2) is 0 Å². The van der Waals surface area contributed by atoms with Crippen molar-refractivity contribution in [2.45, 2.75) is 32.5 Å². The average molecular weight is 200 g/mol. The normalized spacial score (nSPS) is 12.9. The van der Waals surface area contributed by atoms with Gasteiger partial charge in [-0.2, -0.15) is 5.10 Å². The van der Waals surface area contributed by atoms with Crippen molar-refractivity contribution in [3.8, 4) is 0 Å². The maximum Gasteiger partial charge on any atom is 0.295 e. The second kappa shape index (κ2) is 4.74. The fourth-order valence-electron chi connectivity index (χ4n) is 1.06. The van der Waals surface area contributed by atoms with Gasteiger partial charge < -0.3 is 4.74 Å². The van der Waals surface area contributed by atoms with E-state index in [1.54, 1.807) is 6.07 Å². The molecule has 1 heterocycles. The average Bonchev–Trinajstić information content (AvgIpc) is 2.53. The molecule has 5 heteroatoms. The number of alkyl halides is 1.